The fourth-order valence-corrected chi connectivity index (χ4v) is 4.61. The highest BCUT2D eigenvalue weighted by Gasteiger charge is 2.28. The van der Waals surface area contributed by atoms with Crippen LogP contribution >= 0.6 is 7.14 Å². The third-order valence-corrected chi connectivity index (χ3v) is 7.25. The largest absolute Gasteiger partial charge is 0.324 e. The molecule has 31 heavy (non-hydrogen) atoms. The van der Waals surface area contributed by atoms with Crippen molar-refractivity contribution in [2.75, 3.05) is 13.3 Å². The molecule has 0 radical (unpaired) electrons. The summed E-state index contributed by atoms with van der Waals surface area (Å²) in [5.74, 6) is 0. The van der Waals surface area contributed by atoms with Crippen molar-refractivity contribution in [3.63, 3.8) is 0 Å². The number of benzene rings is 1. The van der Waals surface area contributed by atoms with Gasteiger partial charge in [0.25, 0.3) is 0 Å². The van der Waals surface area contributed by atoms with Gasteiger partial charge in [-0.25, -0.2) is 14.6 Å². The fraction of sp³-hybridized carbons (Fsp3) is 0.217. The van der Waals surface area contributed by atoms with Crippen molar-refractivity contribution >= 4 is 29.3 Å². The minimum absolute atomic E-state index is 0.485. The molecule has 0 aliphatic rings. The Kier molecular flexibility index (Phi) is 4.34. The molecular formula is C23H23N6OP. The lowest BCUT2D eigenvalue weighted by molar-refractivity contribution is 0.389. The second-order valence-electron chi connectivity index (χ2n) is 8.62. The van der Waals surface area contributed by atoms with Crippen LogP contribution in [0, 0.1) is 0 Å². The van der Waals surface area contributed by atoms with Gasteiger partial charge in [-0.1, -0.05) is 35.5 Å². The van der Waals surface area contributed by atoms with E-state index in [0.29, 0.717) is 11.3 Å². The molecule has 0 fully saturated rings. The van der Waals surface area contributed by atoms with E-state index in [0.717, 1.165) is 27.6 Å². The van der Waals surface area contributed by atoms with Crippen LogP contribution < -0.4 is 5.30 Å². The molecule has 0 saturated heterocycles. The summed E-state index contributed by atoms with van der Waals surface area (Å²) in [7, 11) is -2.30. The summed E-state index contributed by atoms with van der Waals surface area (Å²) in [4.78, 5) is 9.32. The van der Waals surface area contributed by atoms with E-state index >= 15 is 0 Å². The van der Waals surface area contributed by atoms with Crippen LogP contribution in [0.25, 0.3) is 28.1 Å². The van der Waals surface area contributed by atoms with E-state index in [-0.39, 0.29) is 0 Å². The van der Waals surface area contributed by atoms with E-state index < -0.39 is 12.7 Å². The molecule has 5 aromatic rings. The molecule has 0 spiro atoms. The summed E-state index contributed by atoms with van der Waals surface area (Å²) in [6, 6.07) is 16.0. The lowest BCUT2D eigenvalue weighted by Gasteiger charge is -2.25. The predicted molar refractivity (Wildman–Crippen MR) is 123 cm³/mol. The van der Waals surface area contributed by atoms with E-state index in [4.69, 9.17) is 4.98 Å². The first-order valence-electron chi connectivity index (χ1n) is 10.1. The van der Waals surface area contributed by atoms with E-state index in [2.05, 4.69) is 57.9 Å². The van der Waals surface area contributed by atoms with Gasteiger partial charge in [0.2, 0.25) is 5.65 Å². The summed E-state index contributed by atoms with van der Waals surface area (Å²) in [5.41, 5.74) is 4.49. The quantitative estimate of drug-likeness (QED) is 0.400. The summed E-state index contributed by atoms with van der Waals surface area (Å²) in [6.45, 7) is 7.72. The Morgan fingerprint density at radius 2 is 1.77 bits per heavy atom. The maximum atomic E-state index is 12.3. The Morgan fingerprint density at radius 3 is 2.52 bits per heavy atom. The molecule has 7 nitrogen and oxygen atoms in total. The molecule has 0 amide bonds. The standard InChI is InChI=1S/C23H23N6OP/c1-23(2,17-9-10-18-6-5-13-28(18)15-17)29-22-21(26-27-29)24-14-20(25-22)16-7-11-19(12-8-16)31(3,4)30/h5-15H,1-4H3. The van der Waals surface area contributed by atoms with Gasteiger partial charge in [0.1, 0.15) is 7.14 Å². The third-order valence-electron chi connectivity index (χ3n) is 5.71. The maximum absolute atomic E-state index is 12.3. The van der Waals surface area contributed by atoms with Crippen LogP contribution in [0.2, 0.25) is 0 Å². The fourth-order valence-electron chi connectivity index (χ4n) is 3.74. The Bertz CT molecular complexity index is 1460. The highest BCUT2D eigenvalue weighted by molar-refractivity contribution is 7.70. The van der Waals surface area contributed by atoms with Crippen molar-refractivity contribution in [2.24, 2.45) is 0 Å². The molecule has 4 heterocycles. The third kappa shape index (κ3) is 3.35. The number of fused-ring (bicyclic) bond motifs is 2. The van der Waals surface area contributed by atoms with Crippen molar-refractivity contribution in [2.45, 2.75) is 19.4 Å². The zero-order valence-electron chi connectivity index (χ0n) is 17.9. The first kappa shape index (κ1) is 19.6. The Balaban J connectivity index is 1.59. The minimum atomic E-state index is -2.30. The lowest BCUT2D eigenvalue weighted by atomic mass is 9.96. The Hall–Kier alpha value is -3.31. The summed E-state index contributed by atoms with van der Waals surface area (Å²) in [5, 5.41) is 9.47. The van der Waals surface area contributed by atoms with Crippen molar-refractivity contribution in [1.29, 1.82) is 0 Å². The van der Waals surface area contributed by atoms with E-state index in [1.54, 1.807) is 19.5 Å². The van der Waals surface area contributed by atoms with Crippen LogP contribution in [0.4, 0.5) is 0 Å². The molecule has 0 bridgehead atoms. The molecule has 1 aromatic carbocycles. The summed E-state index contributed by atoms with van der Waals surface area (Å²) >= 11 is 0. The van der Waals surface area contributed by atoms with Gasteiger partial charge in [-0.05, 0) is 50.9 Å². The van der Waals surface area contributed by atoms with E-state index in [1.807, 2.05) is 41.2 Å². The number of nitrogens with zero attached hydrogens (tertiary/aromatic N) is 6. The van der Waals surface area contributed by atoms with Gasteiger partial charge in [0.05, 0.1) is 17.4 Å². The highest BCUT2D eigenvalue weighted by atomic mass is 31.2. The van der Waals surface area contributed by atoms with Gasteiger partial charge < -0.3 is 8.97 Å². The first-order valence-corrected chi connectivity index (χ1v) is 12.7. The molecule has 0 atom stereocenters. The predicted octanol–water partition coefficient (Wildman–Crippen LogP) is 4.17. The second-order valence-corrected chi connectivity index (χ2v) is 11.8. The van der Waals surface area contributed by atoms with Crippen LogP contribution in [0.15, 0.2) is 67.1 Å². The smallest absolute Gasteiger partial charge is 0.221 e. The molecule has 0 unspecified atom stereocenters. The zero-order valence-corrected chi connectivity index (χ0v) is 18.8. The van der Waals surface area contributed by atoms with Crippen LogP contribution in [-0.4, -0.2) is 42.7 Å². The molecule has 5 rings (SSSR count). The summed E-state index contributed by atoms with van der Waals surface area (Å²) in [6.07, 6.45) is 5.83. The minimum Gasteiger partial charge on any atom is -0.324 e. The number of hydrogen-bond donors (Lipinski definition) is 0. The van der Waals surface area contributed by atoms with Crippen LogP contribution in [0.3, 0.4) is 0 Å². The molecule has 156 valence electrons. The number of pyridine rings is 1. The van der Waals surface area contributed by atoms with E-state index in [9.17, 15) is 4.57 Å². The zero-order chi connectivity index (χ0) is 21.8. The van der Waals surface area contributed by atoms with Crippen LogP contribution in [0.5, 0.6) is 0 Å². The lowest BCUT2D eigenvalue weighted by Crippen LogP contribution is -2.29. The van der Waals surface area contributed by atoms with Crippen molar-refractivity contribution in [3.8, 4) is 11.3 Å². The monoisotopic (exact) mass is 430 g/mol. The average molecular weight is 430 g/mol. The Morgan fingerprint density at radius 1 is 1.00 bits per heavy atom. The van der Waals surface area contributed by atoms with Gasteiger partial charge in [-0.2, -0.15) is 0 Å². The maximum Gasteiger partial charge on any atom is 0.221 e. The number of rotatable bonds is 4. The molecule has 8 heteroatoms. The molecule has 0 N–H and O–H groups in total. The molecule has 0 aliphatic heterocycles. The van der Waals surface area contributed by atoms with E-state index in [1.165, 1.54) is 0 Å². The van der Waals surface area contributed by atoms with Gasteiger partial charge in [-0.15, -0.1) is 5.10 Å². The van der Waals surface area contributed by atoms with Gasteiger partial charge in [0.15, 0.2) is 5.65 Å². The van der Waals surface area contributed by atoms with Crippen molar-refractivity contribution in [1.82, 2.24) is 29.4 Å². The second kappa shape index (κ2) is 6.86. The number of hydrogen-bond acceptors (Lipinski definition) is 5. The van der Waals surface area contributed by atoms with Crippen LogP contribution in [-0.2, 0) is 10.1 Å². The first-order chi connectivity index (χ1) is 14.7. The SMILES string of the molecule is CC(C)(c1ccc2cccn2c1)n1nnc2ncc(-c3ccc(P(C)(C)=O)cc3)nc21. The van der Waals surface area contributed by atoms with Gasteiger partial charge in [-0.3, -0.25) is 0 Å². The average Bonchev–Trinajstić information content (AvgIpc) is 3.39. The molecule has 0 aliphatic carbocycles. The van der Waals surface area contributed by atoms with Gasteiger partial charge in [0, 0.05) is 28.8 Å². The highest BCUT2D eigenvalue weighted by Crippen LogP contribution is 2.35. The topological polar surface area (TPSA) is 78.0 Å². The van der Waals surface area contributed by atoms with Crippen molar-refractivity contribution in [3.05, 3.63) is 72.7 Å². The summed E-state index contributed by atoms with van der Waals surface area (Å²) < 4.78 is 16.2. The Labute approximate surface area is 180 Å². The molecular weight excluding hydrogens is 407 g/mol. The molecule has 4 aromatic heterocycles. The van der Waals surface area contributed by atoms with Crippen molar-refractivity contribution < 1.29 is 4.57 Å². The normalized spacial score (nSPS) is 12.6. The number of aromatic nitrogens is 6. The van der Waals surface area contributed by atoms with Gasteiger partial charge >= 0.3 is 0 Å². The van der Waals surface area contributed by atoms with Crippen LogP contribution in [0.1, 0.15) is 19.4 Å². The molecule has 0 saturated carbocycles.